The van der Waals surface area contributed by atoms with Crippen molar-refractivity contribution in [1.29, 1.82) is 0 Å². The van der Waals surface area contributed by atoms with Crippen LogP contribution < -0.4 is 21.7 Å². The van der Waals surface area contributed by atoms with Crippen LogP contribution >= 0.6 is 0 Å². The van der Waals surface area contributed by atoms with Gasteiger partial charge in [-0.1, -0.05) is 18.2 Å². The molecule has 2 aromatic rings. The number of nitrogens with zero attached hydrogens (tertiary/aromatic N) is 1. The average molecular weight is 476 g/mol. The van der Waals surface area contributed by atoms with Crippen LogP contribution in [0.4, 0.5) is 19.0 Å². The van der Waals surface area contributed by atoms with E-state index in [9.17, 15) is 22.8 Å². The van der Waals surface area contributed by atoms with Crippen molar-refractivity contribution >= 4 is 17.6 Å². The molecular formula is C24H28F3N5O2. The number of nitrogens with two attached hydrogens (primary N) is 1. The van der Waals surface area contributed by atoms with Gasteiger partial charge in [-0.3, -0.25) is 9.59 Å². The summed E-state index contributed by atoms with van der Waals surface area (Å²) in [4.78, 5) is 29.6. The van der Waals surface area contributed by atoms with E-state index in [1.807, 2.05) is 6.07 Å². The second kappa shape index (κ2) is 9.61. The quantitative estimate of drug-likeness (QED) is 0.514. The summed E-state index contributed by atoms with van der Waals surface area (Å²) in [5.74, 6) is 0.0275. The molecule has 182 valence electrons. The van der Waals surface area contributed by atoms with Crippen LogP contribution in [0.2, 0.25) is 0 Å². The lowest BCUT2D eigenvalue weighted by Crippen LogP contribution is -2.50. The molecule has 10 heteroatoms. The molecule has 7 nitrogen and oxygen atoms in total. The van der Waals surface area contributed by atoms with E-state index < -0.39 is 23.8 Å². The van der Waals surface area contributed by atoms with Crippen LogP contribution in [0.3, 0.4) is 0 Å². The van der Waals surface area contributed by atoms with Gasteiger partial charge in [-0.05, 0) is 74.4 Å². The van der Waals surface area contributed by atoms with Crippen molar-refractivity contribution in [2.45, 2.75) is 56.9 Å². The lowest BCUT2D eigenvalue weighted by molar-refractivity contribution is -0.137. The monoisotopic (exact) mass is 475 g/mol. The number of fused-ring (bicyclic) bond motifs is 1. The molecule has 34 heavy (non-hydrogen) atoms. The predicted molar refractivity (Wildman–Crippen MR) is 121 cm³/mol. The molecule has 2 heterocycles. The highest BCUT2D eigenvalue weighted by atomic mass is 19.4. The summed E-state index contributed by atoms with van der Waals surface area (Å²) in [5, 5.41) is 8.89. The van der Waals surface area contributed by atoms with Crippen LogP contribution in [0, 0.1) is 5.92 Å². The summed E-state index contributed by atoms with van der Waals surface area (Å²) in [6, 6.07) is 7.38. The summed E-state index contributed by atoms with van der Waals surface area (Å²) in [6.45, 7) is 2.22. The molecule has 1 aromatic heterocycles. The number of aryl methyl sites for hydroxylation is 1. The number of nitrogens with one attached hydrogen (secondary N) is 3. The number of carbonyl (C=O) groups excluding carboxylic acids is 2. The van der Waals surface area contributed by atoms with E-state index in [2.05, 4.69) is 20.9 Å². The van der Waals surface area contributed by atoms with Gasteiger partial charge in [0.25, 0.3) is 0 Å². The molecule has 1 aliphatic heterocycles. The van der Waals surface area contributed by atoms with Gasteiger partial charge in [-0.25, -0.2) is 4.98 Å². The van der Waals surface area contributed by atoms with E-state index in [4.69, 9.17) is 5.73 Å². The number of hydrogen-bond acceptors (Lipinski definition) is 5. The van der Waals surface area contributed by atoms with Crippen molar-refractivity contribution in [2.24, 2.45) is 5.92 Å². The van der Waals surface area contributed by atoms with E-state index in [-0.39, 0.29) is 23.8 Å². The van der Waals surface area contributed by atoms with Crippen LogP contribution in [0.25, 0.3) is 0 Å². The minimum Gasteiger partial charge on any atom is -0.384 e. The van der Waals surface area contributed by atoms with Crippen LogP contribution in [-0.2, 0) is 28.6 Å². The van der Waals surface area contributed by atoms with Crippen molar-refractivity contribution in [3.63, 3.8) is 0 Å². The van der Waals surface area contributed by atoms with Crippen molar-refractivity contribution in [3.05, 3.63) is 58.8 Å². The third kappa shape index (κ3) is 5.49. The first-order valence-electron chi connectivity index (χ1n) is 11.4. The molecule has 0 bridgehead atoms. The van der Waals surface area contributed by atoms with Crippen LogP contribution in [0.5, 0.6) is 0 Å². The fourth-order valence-electron chi connectivity index (χ4n) is 4.64. The number of alkyl halides is 3. The normalized spacial score (nSPS) is 22.8. The van der Waals surface area contributed by atoms with E-state index in [1.165, 1.54) is 12.1 Å². The number of amides is 2. The Balaban J connectivity index is 1.25. The lowest BCUT2D eigenvalue weighted by atomic mass is 9.96. The highest BCUT2D eigenvalue weighted by Crippen LogP contribution is 2.31. The average Bonchev–Trinajstić information content (AvgIpc) is 3.40. The van der Waals surface area contributed by atoms with Crippen LogP contribution in [0.15, 0.2) is 36.4 Å². The fraction of sp³-hybridized carbons (Fsp3) is 0.458. The van der Waals surface area contributed by atoms with E-state index in [1.54, 1.807) is 13.0 Å². The first kappa shape index (κ1) is 24.0. The highest BCUT2D eigenvalue weighted by Gasteiger charge is 2.33. The molecule has 0 spiro atoms. The Morgan fingerprint density at radius 2 is 1.94 bits per heavy atom. The molecule has 5 N–H and O–H groups in total. The number of carbonyl (C=O) groups is 2. The summed E-state index contributed by atoms with van der Waals surface area (Å²) < 4.78 is 38.2. The molecule has 0 radical (unpaired) electrons. The van der Waals surface area contributed by atoms with Gasteiger partial charge in [0.15, 0.2) is 0 Å². The number of aromatic nitrogens is 1. The highest BCUT2D eigenvalue weighted by molar-refractivity contribution is 5.89. The number of pyridine rings is 1. The van der Waals surface area contributed by atoms with Crippen molar-refractivity contribution in [1.82, 2.24) is 20.9 Å². The largest absolute Gasteiger partial charge is 0.416 e. The van der Waals surface area contributed by atoms with Crippen LogP contribution in [-0.4, -0.2) is 35.4 Å². The molecule has 2 amide bonds. The zero-order chi connectivity index (χ0) is 24.5. The molecule has 2 aliphatic rings. The van der Waals surface area contributed by atoms with Gasteiger partial charge in [0.05, 0.1) is 17.6 Å². The van der Waals surface area contributed by atoms with Gasteiger partial charge in [0.2, 0.25) is 11.8 Å². The molecule has 1 fully saturated rings. The summed E-state index contributed by atoms with van der Waals surface area (Å²) in [7, 11) is 0. The van der Waals surface area contributed by atoms with Gasteiger partial charge < -0.3 is 21.7 Å². The summed E-state index contributed by atoms with van der Waals surface area (Å²) in [6.07, 6.45) is -1.77. The summed E-state index contributed by atoms with van der Waals surface area (Å²) >= 11 is 0. The number of nitrogen functional groups attached to an aromatic ring is 1. The molecular weight excluding hydrogens is 447 g/mol. The maximum Gasteiger partial charge on any atom is 0.416 e. The zero-order valence-corrected chi connectivity index (χ0v) is 18.8. The Labute approximate surface area is 195 Å². The fourth-order valence-corrected chi connectivity index (χ4v) is 4.64. The number of halogens is 3. The van der Waals surface area contributed by atoms with Gasteiger partial charge in [-0.15, -0.1) is 0 Å². The summed E-state index contributed by atoms with van der Waals surface area (Å²) in [5.41, 5.74) is 7.67. The number of anilines is 1. The minimum atomic E-state index is -4.36. The van der Waals surface area contributed by atoms with Crippen molar-refractivity contribution < 1.29 is 22.8 Å². The first-order valence-corrected chi connectivity index (χ1v) is 11.4. The van der Waals surface area contributed by atoms with Crippen LogP contribution in [0.1, 0.15) is 48.2 Å². The topological polar surface area (TPSA) is 109 Å². The Kier molecular flexibility index (Phi) is 6.79. The number of benzene rings is 1. The maximum atomic E-state index is 12.7. The van der Waals surface area contributed by atoms with E-state index in [0.717, 1.165) is 41.8 Å². The van der Waals surface area contributed by atoms with Gasteiger partial charge in [0, 0.05) is 5.69 Å². The Bertz CT molecular complexity index is 1060. The Morgan fingerprint density at radius 1 is 1.21 bits per heavy atom. The standard InChI is InChI=1S/C24H28F3N5O2/c1-13(22(33)32-19-8-7-18-17(19)6-9-21(28)31-18)30-23(34)20-11-15(12-29-20)10-14-2-4-16(5-3-14)24(25,26)27/h2-6,9,13,15,19-20,29H,7-8,10-12H2,1H3,(H2,28,31)(H,30,34)(H,32,33)/t13-,15-,19?,20+/m0/s1. The maximum absolute atomic E-state index is 12.7. The smallest absolute Gasteiger partial charge is 0.384 e. The zero-order valence-electron chi connectivity index (χ0n) is 18.8. The van der Waals surface area contributed by atoms with E-state index in [0.29, 0.717) is 25.2 Å². The predicted octanol–water partition coefficient (Wildman–Crippen LogP) is 2.51. The molecule has 4 atom stereocenters. The number of rotatable bonds is 6. The third-order valence-corrected chi connectivity index (χ3v) is 6.49. The van der Waals surface area contributed by atoms with Gasteiger partial charge >= 0.3 is 6.18 Å². The third-order valence-electron chi connectivity index (χ3n) is 6.49. The molecule has 1 aliphatic carbocycles. The van der Waals surface area contributed by atoms with Gasteiger partial charge in [-0.2, -0.15) is 13.2 Å². The van der Waals surface area contributed by atoms with Crippen molar-refractivity contribution in [2.75, 3.05) is 12.3 Å². The molecule has 1 unspecified atom stereocenters. The number of hydrogen-bond donors (Lipinski definition) is 4. The minimum absolute atomic E-state index is 0.117. The second-order valence-corrected chi connectivity index (χ2v) is 9.06. The van der Waals surface area contributed by atoms with Gasteiger partial charge in [0.1, 0.15) is 11.9 Å². The molecule has 1 aromatic carbocycles. The van der Waals surface area contributed by atoms with E-state index >= 15 is 0 Å². The molecule has 4 rings (SSSR count). The van der Waals surface area contributed by atoms with Crippen molar-refractivity contribution in [3.8, 4) is 0 Å². The first-order chi connectivity index (χ1) is 16.1. The molecule has 1 saturated heterocycles. The second-order valence-electron chi connectivity index (χ2n) is 9.06. The SMILES string of the molecule is C[C@H](NC(=O)[C@H]1C[C@H](Cc2ccc(C(F)(F)F)cc2)CN1)C(=O)NC1CCc2nc(N)ccc21. The Hall–Kier alpha value is -3.14. The Morgan fingerprint density at radius 3 is 2.65 bits per heavy atom. The lowest BCUT2D eigenvalue weighted by Gasteiger charge is -2.20. The molecule has 0 saturated carbocycles.